The molecular weight excluding hydrogens is 331 g/mol. The Bertz CT molecular complexity index is 840. The first-order chi connectivity index (χ1) is 12.0. The quantitative estimate of drug-likeness (QED) is 0.678. The summed E-state index contributed by atoms with van der Waals surface area (Å²) < 4.78 is 43.8. The minimum Gasteiger partial charge on any atom is -0.440 e. The van der Waals surface area contributed by atoms with Gasteiger partial charge < -0.3 is 9.32 Å². The summed E-state index contributed by atoms with van der Waals surface area (Å²) in [6.07, 6.45) is -1.26. The summed E-state index contributed by atoms with van der Waals surface area (Å²) in [5, 5.41) is 0. The first kappa shape index (κ1) is 15.9. The predicted molar refractivity (Wildman–Crippen MR) is 87.4 cm³/mol. The lowest BCUT2D eigenvalue weighted by Crippen LogP contribution is -2.34. The van der Waals surface area contributed by atoms with E-state index in [4.69, 9.17) is 4.42 Å². The lowest BCUT2D eigenvalue weighted by atomic mass is 9.97. The maximum atomic E-state index is 12.6. The molecule has 25 heavy (non-hydrogen) atoms. The van der Waals surface area contributed by atoms with E-state index in [9.17, 15) is 13.2 Å². The number of nitrogens with zero attached hydrogens (tertiary/aromatic N) is 3. The molecule has 4 nitrogen and oxygen atoms in total. The molecule has 130 valence electrons. The topological polar surface area (TPSA) is 42.2 Å². The van der Waals surface area contributed by atoms with Gasteiger partial charge >= 0.3 is 6.18 Å². The van der Waals surface area contributed by atoms with Crippen LogP contribution in [-0.4, -0.2) is 23.1 Å². The number of aromatic nitrogens is 2. The monoisotopic (exact) mass is 347 g/mol. The van der Waals surface area contributed by atoms with Gasteiger partial charge in [0.2, 0.25) is 0 Å². The van der Waals surface area contributed by atoms with Crippen molar-refractivity contribution < 1.29 is 17.6 Å². The summed E-state index contributed by atoms with van der Waals surface area (Å²) in [6.45, 7) is 1.43. The number of piperidine rings is 1. The van der Waals surface area contributed by atoms with Crippen molar-refractivity contribution in [3.8, 4) is 0 Å². The minimum atomic E-state index is -4.42. The van der Waals surface area contributed by atoms with E-state index in [1.807, 2.05) is 29.2 Å². The Morgan fingerprint density at radius 3 is 2.68 bits per heavy atom. The Morgan fingerprint density at radius 2 is 1.96 bits per heavy atom. The van der Waals surface area contributed by atoms with Crippen LogP contribution in [0.1, 0.15) is 30.3 Å². The number of benzene rings is 1. The van der Waals surface area contributed by atoms with Gasteiger partial charge in [0, 0.05) is 13.1 Å². The van der Waals surface area contributed by atoms with Crippen LogP contribution in [0.25, 0.3) is 11.1 Å². The first-order valence-electron chi connectivity index (χ1n) is 8.14. The number of alkyl halides is 3. The highest BCUT2D eigenvalue weighted by Gasteiger charge is 2.32. The van der Waals surface area contributed by atoms with E-state index in [1.165, 1.54) is 12.3 Å². The van der Waals surface area contributed by atoms with Crippen LogP contribution in [-0.2, 0) is 6.18 Å². The van der Waals surface area contributed by atoms with Crippen LogP contribution in [0.15, 0.2) is 47.0 Å². The highest BCUT2D eigenvalue weighted by molar-refractivity contribution is 5.72. The molecule has 1 fully saturated rings. The third-order valence-electron chi connectivity index (χ3n) is 4.48. The van der Waals surface area contributed by atoms with Crippen molar-refractivity contribution in [2.45, 2.75) is 24.9 Å². The Hall–Kier alpha value is -2.57. The fraction of sp³-hybridized carbons (Fsp3) is 0.333. The summed E-state index contributed by atoms with van der Waals surface area (Å²) >= 11 is 0. The summed E-state index contributed by atoms with van der Waals surface area (Å²) in [6, 6.07) is 10.1. The molecule has 0 amide bonds. The fourth-order valence-electron chi connectivity index (χ4n) is 3.22. The standard InChI is InChI=1S/C18H16F3N3O/c19-18(20,21)16-8-7-13(10-22-16)24-9-3-4-12(11-24)17-23-14-5-1-2-6-15(14)25-17/h1-2,5-8,10,12H,3-4,9,11H2. The zero-order valence-electron chi connectivity index (χ0n) is 13.3. The van der Waals surface area contributed by atoms with Gasteiger partial charge in [-0.05, 0) is 37.1 Å². The molecule has 1 unspecified atom stereocenters. The van der Waals surface area contributed by atoms with Crippen LogP contribution < -0.4 is 4.90 Å². The molecule has 4 rings (SSSR count). The summed E-state index contributed by atoms with van der Waals surface area (Å²) in [7, 11) is 0. The second-order valence-electron chi connectivity index (χ2n) is 6.20. The molecule has 3 aromatic rings. The number of para-hydroxylation sites is 2. The van der Waals surface area contributed by atoms with Gasteiger partial charge in [0.25, 0.3) is 0 Å². The number of anilines is 1. The summed E-state index contributed by atoms with van der Waals surface area (Å²) in [5.41, 5.74) is 1.40. The Labute approximate surface area is 142 Å². The lowest BCUT2D eigenvalue weighted by Gasteiger charge is -2.32. The van der Waals surface area contributed by atoms with Crippen LogP contribution in [0.4, 0.5) is 18.9 Å². The van der Waals surface area contributed by atoms with Crippen LogP contribution in [0.3, 0.4) is 0 Å². The second kappa shape index (κ2) is 6.06. The molecule has 0 saturated carbocycles. The van der Waals surface area contributed by atoms with E-state index in [-0.39, 0.29) is 5.92 Å². The van der Waals surface area contributed by atoms with E-state index in [2.05, 4.69) is 9.97 Å². The van der Waals surface area contributed by atoms with Crippen LogP contribution in [0, 0.1) is 0 Å². The highest BCUT2D eigenvalue weighted by Crippen LogP contribution is 2.32. The number of rotatable bonds is 2. The molecule has 2 aromatic heterocycles. The van der Waals surface area contributed by atoms with Crippen LogP contribution in [0.5, 0.6) is 0 Å². The molecule has 1 saturated heterocycles. The van der Waals surface area contributed by atoms with Gasteiger partial charge in [-0.1, -0.05) is 12.1 Å². The SMILES string of the molecule is FC(F)(F)c1ccc(N2CCCC(c3nc4ccccc4o3)C2)cn1. The predicted octanol–water partition coefficient (Wildman–Crippen LogP) is 4.63. The molecular formula is C18H16F3N3O. The fourth-order valence-corrected chi connectivity index (χ4v) is 3.22. The molecule has 1 atom stereocenters. The molecule has 1 aromatic carbocycles. The average molecular weight is 347 g/mol. The van der Waals surface area contributed by atoms with Gasteiger partial charge in [-0.15, -0.1) is 0 Å². The van der Waals surface area contributed by atoms with Crippen molar-refractivity contribution >= 4 is 16.8 Å². The lowest BCUT2D eigenvalue weighted by molar-refractivity contribution is -0.141. The number of oxazole rings is 1. The van der Waals surface area contributed by atoms with Gasteiger partial charge in [-0.3, -0.25) is 0 Å². The molecule has 0 bridgehead atoms. The Morgan fingerprint density at radius 1 is 1.12 bits per heavy atom. The van der Waals surface area contributed by atoms with Gasteiger partial charge in [0.05, 0.1) is 17.8 Å². The maximum Gasteiger partial charge on any atom is 0.433 e. The maximum absolute atomic E-state index is 12.6. The summed E-state index contributed by atoms with van der Waals surface area (Å²) in [5.74, 6) is 0.800. The van der Waals surface area contributed by atoms with E-state index < -0.39 is 11.9 Å². The van der Waals surface area contributed by atoms with E-state index in [0.29, 0.717) is 18.1 Å². The van der Waals surface area contributed by atoms with E-state index in [0.717, 1.165) is 36.6 Å². The van der Waals surface area contributed by atoms with E-state index >= 15 is 0 Å². The zero-order chi connectivity index (χ0) is 17.4. The molecule has 0 aliphatic carbocycles. The van der Waals surface area contributed by atoms with Crippen molar-refractivity contribution in [2.75, 3.05) is 18.0 Å². The van der Waals surface area contributed by atoms with E-state index in [1.54, 1.807) is 0 Å². The number of pyridine rings is 1. The number of hydrogen-bond donors (Lipinski definition) is 0. The first-order valence-corrected chi connectivity index (χ1v) is 8.14. The van der Waals surface area contributed by atoms with Crippen LogP contribution in [0.2, 0.25) is 0 Å². The largest absolute Gasteiger partial charge is 0.440 e. The van der Waals surface area contributed by atoms with Crippen LogP contribution >= 0.6 is 0 Å². The molecule has 3 heterocycles. The second-order valence-corrected chi connectivity index (χ2v) is 6.20. The number of halogens is 3. The molecule has 1 aliphatic rings. The van der Waals surface area contributed by atoms with Crippen molar-refractivity contribution in [2.24, 2.45) is 0 Å². The van der Waals surface area contributed by atoms with Gasteiger partial charge in [0.1, 0.15) is 11.2 Å². The third kappa shape index (κ3) is 3.18. The molecule has 0 N–H and O–H groups in total. The smallest absolute Gasteiger partial charge is 0.433 e. The zero-order valence-corrected chi connectivity index (χ0v) is 13.3. The van der Waals surface area contributed by atoms with Crippen molar-refractivity contribution in [1.82, 2.24) is 9.97 Å². The molecule has 1 aliphatic heterocycles. The normalized spacial score (nSPS) is 18.7. The van der Waals surface area contributed by atoms with Gasteiger partial charge in [-0.2, -0.15) is 13.2 Å². The number of fused-ring (bicyclic) bond motifs is 1. The average Bonchev–Trinajstić information content (AvgIpc) is 3.05. The van der Waals surface area contributed by atoms with Gasteiger partial charge in [-0.25, -0.2) is 9.97 Å². The highest BCUT2D eigenvalue weighted by atomic mass is 19.4. The van der Waals surface area contributed by atoms with Gasteiger partial charge in [0.15, 0.2) is 11.5 Å². The molecule has 7 heteroatoms. The van der Waals surface area contributed by atoms with Crippen molar-refractivity contribution in [3.63, 3.8) is 0 Å². The third-order valence-corrected chi connectivity index (χ3v) is 4.48. The summed E-state index contributed by atoms with van der Waals surface area (Å²) in [4.78, 5) is 10.1. The van der Waals surface area contributed by atoms with Crippen molar-refractivity contribution in [3.05, 3.63) is 54.2 Å². The minimum absolute atomic E-state index is 0.114. The van der Waals surface area contributed by atoms with Crippen molar-refractivity contribution in [1.29, 1.82) is 0 Å². The Kier molecular flexibility index (Phi) is 3.86. The number of hydrogen-bond acceptors (Lipinski definition) is 4. The Balaban J connectivity index is 1.54. The molecule has 0 radical (unpaired) electrons. The molecule has 0 spiro atoms.